The second-order valence-corrected chi connectivity index (χ2v) is 10.5. The van der Waals surface area contributed by atoms with Gasteiger partial charge in [-0.2, -0.15) is 0 Å². The Kier molecular flexibility index (Phi) is 6.10. The van der Waals surface area contributed by atoms with Gasteiger partial charge in [-0.3, -0.25) is 0 Å². The largest absolute Gasteiger partial charge is 0.355 e. The van der Waals surface area contributed by atoms with Gasteiger partial charge in [0.2, 0.25) is 0 Å². The van der Waals surface area contributed by atoms with Crippen molar-refractivity contribution in [2.24, 2.45) is 5.41 Å². The normalized spacial score (nSPS) is 14.9. The van der Waals surface area contributed by atoms with Gasteiger partial charge in [-0.1, -0.05) is 51.1 Å². The Morgan fingerprint density at radius 3 is 2.38 bits per heavy atom. The fraction of sp³-hybridized carbons (Fsp3) is 0.455. The van der Waals surface area contributed by atoms with Crippen molar-refractivity contribution < 1.29 is 0 Å². The average molecular weight is 341 g/mol. The molecule has 0 aliphatic rings. The molecule has 0 amide bonds. The minimum Gasteiger partial charge on any atom is -0.355 e. The van der Waals surface area contributed by atoms with Gasteiger partial charge in [-0.25, -0.2) is 0 Å². The molecule has 1 N–H and O–H groups in total. The highest BCUT2D eigenvalue weighted by atomic mass is 31.1. The Balaban J connectivity index is 2.65. The third-order valence-corrected chi connectivity index (χ3v) is 6.16. The molecule has 2 aromatic rings. The zero-order valence-electron chi connectivity index (χ0n) is 16.3. The van der Waals surface area contributed by atoms with Crippen LogP contribution >= 0.6 is 7.92 Å². The first-order valence-corrected chi connectivity index (χ1v) is 11.2. The summed E-state index contributed by atoms with van der Waals surface area (Å²) >= 11 is 0. The molecule has 2 rings (SSSR count). The highest BCUT2D eigenvalue weighted by Crippen LogP contribution is 2.48. The van der Waals surface area contributed by atoms with Crippen LogP contribution in [0.4, 0.5) is 0 Å². The molecular formula is C22H32NP. The number of allylic oxidation sites excluding steroid dienone is 3. The summed E-state index contributed by atoms with van der Waals surface area (Å²) in [6, 6.07) is 8.68. The highest BCUT2D eigenvalue weighted by molar-refractivity contribution is 7.57. The zero-order valence-corrected chi connectivity index (χ0v) is 17.2. The van der Waals surface area contributed by atoms with E-state index < -0.39 is 0 Å². The predicted octanol–water partition coefficient (Wildman–Crippen LogP) is 7.15. The molecule has 0 radical (unpaired) electrons. The molecule has 0 bridgehead atoms. The monoisotopic (exact) mass is 341 g/mol. The second kappa shape index (κ2) is 7.70. The first kappa shape index (κ1) is 19.0. The van der Waals surface area contributed by atoms with E-state index >= 15 is 0 Å². The van der Waals surface area contributed by atoms with Crippen LogP contribution in [0.25, 0.3) is 22.6 Å². The van der Waals surface area contributed by atoms with Gasteiger partial charge in [0.25, 0.3) is 0 Å². The molecular weight excluding hydrogens is 309 g/mol. The van der Waals surface area contributed by atoms with Crippen molar-refractivity contribution in [3.8, 4) is 0 Å². The number of H-pyrrole nitrogens is 1. The topological polar surface area (TPSA) is 15.8 Å². The van der Waals surface area contributed by atoms with Gasteiger partial charge >= 0.3 is 0 Å². The summed E-state index contributed by atoms with van der Waals surface area (Å²) in [5.41, 5.74) is 6.32. The van der Waals surface area contributed by atoms with Crippen molar-refractivity contribution in [3.05, 3.63) is 47.7 Å². The van der Waals surface area contributed by atoms with Crippen molar-refractivity contribution in [2.75, 3.05) is 13.3 Å². The number of rotatable bonds is 5. The molecule has 0 saturated carbocycles. The van der Waals surface area contributed by atoms with Crippen LogP contribution in [0.3, 0.4) is 0 Å². The number of fused-ring (bicyclic) bond motifs is 1. The lowest BCUT2D eigenvalue weighted by molar-refractivity contribution is 0.386. The van der Waals surface area contributed by atoms with Gasteiger partial charge < -0.3 is 4.98 Å². The van der Waals surface area contributed by atoms with E-state index in [1.165, 1.54) is 34.2 Å². The molecule has 1 unspecified atom stereocenters. The number of aromatic nitrogens is 1. The van der Waals surface area contributed by atoms with E-state index in [9.17, 15) is 0 Å². The van der Waals surface area contributed by atoms with Crippen molar-refractivity contribution >= 4 is 30.5 Å². The first-order chi connectivity index (χ1) is 11.3. The number of hydrogen-bond acceptors (Lipinski definition) is 0. The van der Waals surface area contributed by atoms with Gasteiger partial charge in [0.15, 0.2) is 0 Å². The molecule has 24 heavy (non-hydrogen) atoms. The Bertz CT molecular complexity index is 741. The lowest BCUT2D eigenvalue weighted by atomic mass is 9.85. The summed E-state index contributed by atoms with van der Waals surface area (Å²) < 4.78 is 0. The van der Waals surface area contributed by atoms with E-state index in [2.05, 4.69) is 95.4 Å². The number of nitrogens with one attached hydrogen (secondary N) is 1. The zero-order chi connectivity index (χ0) is 17.9. The smallest absolute Gasteiger partial charge is 0.0464 e. The number of para-hydroxylation sites is 1. The summed E-state index contributed by atoms with van der Waals surface area (Å²) in [6.07, 6.45) is 7.91. The minimum absolute atomic E-state index is 0.0615. The fourth-order valence-electron chi connectivity index (χ4n) is 3.42. The van der Waals surface area contributed by atoms with E-state index in [1.54, 1.807) is 0 Å². The van der Waals surface area contributed by atoms with Crippen LogP contribution in [0.5, 0.6) is 0 Å². The van der Waals surface area contributed by atoms with E-state index in [1.807, 2.05) is 0 Å². The van der Waals surface area contributed by atoms with Crippen LogP contribution in [0.2, 0.25) is 0 Å². The summed E-state index contributed by atoms with van der Waals surface area (Å²) in [5.74, 6) is 0. The first-order valence-electron chi connectivity index (χ1n) is 8.85. The van der Waals surface area contributed by atoms with Crippen LogP contribution < -0.4 is 0 Å². The maximum Gasteiger partial charge on any atom is 0.0464 e. The van der Waals surface area contributed by atoms with Crippen LogP contribution in [-0.4, -0.2) is 24.0 Å². The summed E-state index contributed by atoms with van der Waals surface area (Å²) in [4.78, 5) is 3.62. The van der Waals surface area contributed by atoms with Crippen LogP contribution in [0, 0.1) is 5.41 Å². The quantitative estimate of drug-likeness (QED) is 0.556. The maximum absolute atomic E-state index is 3.62. The molecule has 0 aliphatic carbocycles. The fourth-order valence-corrected chi connectivity index (χ4v) is 5.17. The average Bonchev–Trinajstić information content (AvgIpc) is 2.85. The molecule has 0 spiro atoms. The third-order valence-electron chi connectivity index (χ3n) is 4.46. The Morgan fingerprint density at radius 1 is 1.17 bits per heavy atom. The molecule has 130 valence electrons. The minimum atomic E-state index is -0.0615. The summed E-state index contributed by atoms with van der Waals surface area (Å²) in [7, 11) is -0.0615. The highest BCUT2D eigenvalue weighted by Gasteiger charge is 2.27. The summed E-state index contributed by atoms with van der Waals surface area (Å²) in [5, 5.41) is 1.34. The van der Waals surface area contributed by atoms with Gasteiger partial charge in [-0.05, 0) is 56.7 Å². The lowest BCUT2D eigenvalue weighted by Gasteiger charge is -2.31. The van der Waals surface area contributed by atoms with Crippen molar-refractivity contribution in [3.63, 3.8) is 0 Å². The van der Waals surface area contributed by atoms with Gasteiger partial charge in [0.05, 0.1) is 0 Å². The molecule has 0 fully saturated rings. The molecule has 0 aliphatic heterocycles. The van der Waals surface area contributed by atoms with E-state index in [-0.39, 0.29) is 7.92 Å². The molecule has 1 nitrogen and oxygen atoms in total. The summed E-state index contributed by atoms with van der Waals surface area (Å²) in [6.45, 7) is 16.2. The lowest BCUT2D eigenvalue weighted by Crippen LogP contribution is -2.18. The predicted molar refractivity (Wildman–Crippen MR) is 113 cm³/mol. The van der Waals surface area contributed by atoms with Crippen LogP contribution in [-0.2, 0) is 0 Å². The van der Waals surface area contributed by atoms with Gasteiger partial charge in [-0.15, -0.1) is 7.92 Å². The SMILES string of the molecule is C/C=C\c1[nH]c2ccccc2c1/C(=C\C)C(CC(C)(C)C)P(C)C. The van der Waals surface area contributed by atoms with E-state index in [0.29, 0.717) is 11.1 Å². The molecule has 1 heterocycles. The number of hydrogen-bond donors (Lipinski definition) is 1. The Hall–Kier alpha value is -1.33. The maximum atomic E-state index is 3.62. The van der Waals surface area contributed by atoms with Crippen molar-refractivity contribution in [2.45, 2.75) is 46.7 Å². The Labute approximate surface area is 149 Å². The van der Waals surface area contributed by atoms with Crippen molar-refractivity contribution in [1.82, 2.24) is 4.98 Å². The van der Waals surface area contributed by atoms with Crippen molar-refractivity contribution in [1.29, 1.82) is 0 Å². The van der Waals surface area contributed by atoms with Gasteiger partial charge in [0, 0.05) is 27.8 Å². The molecule has 1 atom stereocenters. The third kappa shape index (κ3) is 4.19. The molecule has 1 aromatic heterocycles. The number of benzene rings is 1. The molecule has 2 heteroatoms. The standard InChI is InChI=1S/C22H32NP/c1-8-12-19-21(17-13-10-11-14-18(17)23-19)16(9-2)20(24(6)7)15-22(3,4)5/h8-14,20,23H,15H2,1-7H3/b12-8-,16-9-. The molecule has 0 saturated heterocycles. The second-order valence-electron chi connectivity index (χ2n) is 7.95. The number of aromatic amines is 1. The van der Waals surface area contributed by atoms with Crippen LogP contribution in [0.1, 0.15) is 52.3 Å². The Morgan fingerprint density at radius 2 is 1.83 bits per heavy atom. The van der Waals surface area contributed by atoms with E-state index in [0.717, 1.165) is 0 Å². The van der Waals surface area contributed by atoms with Gasteiger partial charge in [0.1, 0.15) is 0 Å². The molecule has 1 aromatic carbocycles. The van der Waals surface area contributed by atoms with Crippen LogP contribution in [0.15, 0.2) is 36.4 Å². The van der Waals surface area contributed by atoms with E-state index in [4.69, 9.17) is 0 Å².